The van der Waals surface area contributed by atoms with E-state index < -0.39 is 10.0 Å². The molecule has 0 heterocycles. The van der Waals surface area contributed by atoms with Crippen molar-refractivity contribution in [2.24, 2.45) is 5.10 Å². The molecule has 0 aromatic heterocycles. The van der Waals surface area contributed by atoms with Crippen molar-refractivity contribution in [2.45, 2.75) is 23.7 Å². The number of benzene rings is 2. The molecule has 0 bridgehead atoms. The molecule has 2 atom stereocenters. The lowest BCUT2D eigenvalue weighted by atomic mass is 9.69. The van der Waals surface area contributed by atoms with Gasteiger partial charge in [0.2, 0.25) is 0 Å². The zero-order valence-corrected chi connectivity index (χ0v) is 13.4. The molecule has 0 saturated carbocycles. The number of rotatable bonds is 3. The summed E-state index contributed by atoms with van der Waals surface area (Å²) in [5, 5.41) is 4.17. The molecule has 1 N–H and O–H groups in total. The Kier molecular flexibility index (Phi) is 3.13. The highest BCUT2D eigenvalue weighted by molar-refractivity contribution is 7.89. The number of aryl methyl sites for hydroxylation is 1. The summed E-state index contributed by atoms with van der Waals surface area (Å²) in [4.78, 5) is 2.58. The van der Waals surface area contributed by atoms with Crippen LogP contribution in [0.1, 0.15) is 28.5 Å². The monoisotopic (exact) mass is 324 g/mol. The number of sulfonamides is 1. The van der Waals surface area contributed by atoms with Gasteiger partial charge >= 0.3 is 0 Å². The maximum atomic E-state index is 12.3. The van der Waals surface area contributed by atoms with Gasteiger partial charge in [-0.15, -0.1) is 0 Å². The molecule has 2 aromatic rings. The lowest BCUT2D eigenvalue weighted by Gasteiger charge is -2.34. The summed E-state index contributed by atoms with van der Waals surface area (Å²) in [7, 11) is -3.63. The quantitative estimate of drug-likeness (QED) is 0.882. The molecule has 116 valence electrons. The third-order valence-electron chi connectivity index (χ3n) is 4.47. The third-order valence-corrected chi connectivity index (χ3v) is 5.69. The van der Waals surface area contributed by atoms with E-state index >= 15 is 0 Å². The van der Waals surface area contributed by atoms with Crippen LogP contribution < -0.4 is 4.83 Å². The van der Waals surface area contributed by atoms with Crippen LogP contribution in [0.25, 0.3) is 0 Å². The van der Waals surface area contributed by atoms with Gasteiger partial charge < -0.3 is 0 Å². The molecule has 0 saturated heterocycles. The first-order valence-electron chi connectivity index (χ1n) is 7.49. The molecule has 4 nitrogen and oxygen atoms in total. The van der Waals surface area contributed by atoms with Crippen LogP contribution in [0.15, 0.2) is 70.7 Å². The van der Waals surface area contributed by atoms with Gasteiger partial charge in [-0.1, -0.05) is 48.0 Å². The number of fused-ring (bicyclic) bond motifs is 4. The van der Waals surface area contributed by atoms with Crippen molar-refractivity contribution in [3.05, 3.63) is 77.4 Å². The predicted molar refractivity (Wildman–Crippen MR) is 90.0 cm³/mol. The number of nitrogens with zero attached hydrogens (tertiary/aromatic N) is 1. The SMILES string of the molecule is Cc1ccc(S(=O)(=O)N/N=C2\C=CC3c4ccccc4C23)cc1. The summed E-state index contributed by atoms with van der Waals surface area (Å²) < 4.78 is 24.6. The highest BCUT2D eigenvalue weighted by atomic mass is 32.2. The molecule has 2 unspecified atom stereocenters. The number of hydrazone groups is 1. The van der Waals surface area contributed by atoms with Crippen molar-refractivity contribution >= 4 is 15.7 Å². The van der Waals surface area contributed by atoms with E-state index in [0.29, 0.717) is 5.92 Å². The molecule has 0 aliphatic heterocycles. The van der Waals surface area contributed by atoms with Crippen molar-refractivity contribution < 1.29 is 8.42 Å². The van der Waals surface area contributed by atoms with Gasteiger partial charge in [0.05, 0.1) is 10.6 Å². The Hall–Kier alpha value is -2.40. The number of nitrogens with one attached hydrogen (secondary N) is 1. The number of allylic oxidation sites excluding steroid dienone is 2. The van der Waals surface area contributed by atoms with E-state index in [9.17, 15) is 8.42 Å². The van der Waals surface area contributed by atoms with Gasteiger partial charge in [0.1, 0.15) is 0 Å². The molecule has 0 fully saturated rings. The van der Waals surface area contributed by atoms with Gasteiger partial charge in [-0.2, -0.15) is 18.4 Å². The molecule has 0 spiro atoms. The predicted octanol–water partition coefficient (Wildman–Crippen LogP) is 3.08. The third kappa shape index (κ3) is 2.28. The van der Waals surface area contributed by atoms with E-state index in [0.717, 1.165) is 11.3 Å². The van der Waals surface area contributed by atoms with Gasteiger partial charge in [-0.3, -0.25) is 0 Å². The van der Waals surface area contributed by atoms with E-state index in [-0.39, 0.29) is 10.8 Å². The molecule has 23 heavy (non-hydrogen) atoms. The van der Waals surface area contributed by atoms with Crippen LogP contribution in [0.2, 0.25) is 0 Å². The smallest absolute Gasteiger partial charge is 0.200 e. The summed E-state index contributed by atoms with van der Waals surface area (Å²) in [5.41, 5.74) is 4.32. The standard InChI is InChI=1S/C18H16N2O2S/c1-12-6-8-13(9-7-12)23(21,22)20-19-17-11-10-16-14-4-2-3-5-15(14)18(16)17/h2-11,16,18,20H,1H3/b19-17+. The molecule has 4 rings (SSSR count). The van der Waals surface area contributed by atoms with Crippen LogP contribution >= 0.6 is 0 Å². The fourth-order valence-electron chi connectivity index (χ4n) is 3.23. The van der Waals surface area contributed by atoms with Gasteiger partial charge in [0, 0.05) is 11.8 Å². The fraction of sp³-hybridized carbons (Fsp3) is 0.167. The van der Waals surface area contributed by atoms with Crippen LogP contribution in [-0.2, 0) is 10.0 Å². The minimum atomic E-state index is -3.63. The summed E-state index contributed by atoms with van der Waals surface area (Å²) >= 11 is 0. The molecule has 5 heteroatoms. The Morgan fingerprint density at radius 3 is 2.43 bits per heavy atom. The minimum Gasteiger partial charge on any atom is -0.200 e. The van der Waals surface area contributed by atoms with Gasteiger partial charge in [0.25, 0.3) is 10.0 Å². The molecule has 2 aliphatic carbocycles. The number of hydrogen-bond donors (Lipinski definition) is 1. The highest BCUT2D eigenvalue weighted by Crippen LogP contribution is 2.51. The zero-order chi connectivity index (χ0) is 16.0. The van der Waals surface area contributed by atoms with Gasteiger partial charge in [-0.05, 0) is 36.3 Å². The molecular weight excluding hydrogens is 308 g/mol. The second-order valence-corrected chi connectivity index (χ2v) is 7.60. The first-order chi connectivity index (χ1) is 11.1. The largest absolute Gasteiger partial charge is 0.276 e. The lowest BCUT2D eigenvalue weighted by molar-refractivity contribution is 0.583. The van der Waals surface area contributed by atoms with Gasteiger partial charge in [-0.25, -0.2) is 0 Å². The van der Waals surface area contributed by atoms with Crippen LogP contribution in [0.4, 0.5) is 0 Å². The molecule has 0 amide bonds. The van der Waals surface area contributed by atoms with Crippen LogP contribution in [0.3, 0.4) is 0 Å². The Labute approximate surface area is 135 Å². The van der Waals surface area contributed by atoms with Crippen molar-refractivity contribution in [2.75, 3.05) is 0 Å². The van der Waals surface area contributed by atoms with Crippen LogP contribution in [0, 0.1) is 6.92 Å². The normalized spacial score (nSPS) is 23.3. The van der Waals surface area contributed by atoms with E-state index in [2.05, 4.69) is 28.1 Å². The van der Waals surface area contributed by atoms with E-state index in [1.54, 1.807) is 24.3 Å². The summed E-state index contributed by atoms with van der Waals surface area (Å²) in [6, 6.07) is 14.9. The average Bonchev–Trinajstić information content (AvgIpc) is 2.90. The molecule has 0 radical (unpaired) electrons. The average molecular weight is 324 g/mol. The first-order valence-corrected chi connectivity index (χ1v) is 8.98. The maximum absolute atomic E-state index is 12.3. The topological polar surface area (TPSA) is 58.5 Å². The molecular formula is C18H16N2O2S. The Bertz CT molecular complexity index is 928. The minimum absolute atomic E-state index is 0.173. The van der Waals surface area contributed by atoms with Crippen molar-refractivity contribution in [3.8, 4) is 0 Å². The Morgan fingerprint density at radius 1 is 1.00 bits per heavy atom. The Balaban J connectivity index is 1.58. The first kappa shape index (κ1) is 14.2. The lowest BCUT2D eigenvalue weighted by Crippen LogP contribution is -2.27. The fourth-order valence-corrected chi connectivity index (χ4v) is 4.05. The van der Waals surface area contributed by atoms with Crippen molar-refractivity contribution in [1.29, 1.82) is 0 Å². The Morgan fingerprint density at radius 2 is 1.70 bits per heavy atom. The summed E-state index contributed by atoms with van der Waals surface area (Å²) in [6.07, 6.45) is 4.00. The van der Waals surface area contributed by atoms with E-state index in [1.165, 1.54) is 11.1 Å². The van der Waals surface area contributed by atoms with E-state index in [4.69, 9.17) is 0 Å². The zero-order valence-electron chi connectivity index (χ0n) is 12.6. The second-order valence-electron chi connectivity index (χ2n) is 5.94. The maximum Gasteiger partial charge on any atom is 0.276 e. The van der Waals surface area contributed by atoms with Crippen molar-refractivity contribution in [1.82, 2.24) is 4.83 Å². The molecule has 2 aliphatic rings. The summed E-state index contributed by atoms with van der Waals surface area (Å²) in [6.45, 7) is 1.92. The number of hydrogen-bond acceptors (Lipinski definition) is 3. The molecule has 2 aromatic carbocycles. The second kappa shape index (κ2) is 5.06. The van der Waals surface area contributed by atoms with Crippen LogP contribution in [0.5, 0.6) is 0 Å². The van der Waals surface area contributed by atoms with Crippen molar-refractivity contribution in [3.63, 3.8) is 0 Å². The van der Waals surface area contributed by atoms with E-state index in [1.807, 2.05) is 25.1 Å². The van der Waals surface area contributed by atoms with Crippen LogP contribution in [-0.4, -0.2) is 14.1 Å². The summed E-state index contributed by atoms with van der Waals surface area (Å²) in [5.74, 6) is 0.501. The van der Waals surface area contributed by atoms with Gasteiger partial charge in [0.15, 0.2) is 0 Å². The highest BCUT2D eigenvalue weighted by Gasteiger charge is 2.41.